The Kier molecular flexibility index (Phi) is 4.05. The van der Waals surface area contributed by atoms with Gasteiger partial charge in [-0.05, 0) is 6.07 Å². The summed E-state index contributed by atoms with van der Waals surface area (Å²) in [6.07, 6.45) is 1.56. The molecule has 7 nitrogen and oxygen atoms in total. The molecule has 0 amide bonds. The van der Waals surface area contributed by atoms with Crippen molar-refractivity contribution < 1.29 is 4.92 Å². The van der Waals surface area contributed by atoms with Gasteiger partial charge in [-0.15, -0.1) is 0 Å². The van der Waals surface area contributed by atoms with Crippen molar-refractivity contribution in [2.75, 3.05) is 11.9 Å². The van der Waals surface area contributed by atoms with Gasteiger partial charge in [0.15, 0.2) is 0 Å². The van der Waals surface area contributed by atoms with Crippen LogP contribution in [0, 0.1) is 10.1 Å². The average Bonchev–Trinajstić information content (AvgIpc) is 2.69. The molecule has 0 unspecified atom stereocenters. The Morgan fingerprint density at radius 3 is 2.90 bits per heavy atom. The lowest BCUT2D eigenvalue weighted by molar-refractivity contribution is -0.379. The summed E-state index contributed by atoms with van der Waals surface area (Å²) < 4.78 is 1.26. The molecule has 0 atom stereocenters. The Balaban J connectivity index is 2.39. The summed E-state index contributed by atoms with van der Waals surface area (Å²) in [6, 6.07) is 3.51. The third-order valence-corrected chi connectivity index (χ3v) is 4.05. The van der Waals surface area contributed by atoms with Crippen LogP contribution in [0.5, 0.6) is 0 Å². The maximum absolute atomic E-state index is 11.6. The van der Waals surface area contributed by atoms with Crippen molar-refractivity contribution in [3.8, 4) is 0 Å². The predicted molar refractivity (Wildman–Crippen MR) is 77.6 cm³/mol. The second-order valence-electron chi connectivity index (χ2n) is 4.12. The molecule has 2 heterocycles. The lowest BCUT2D eigenvalue weighted by atomic mass is 10.2. The summed E-state index contributed by atoms with van der Waals surface area (Å²) in [4.78, 5) is 27.2. The Labute approximate surface area is 123 Å². The number of hydrogen-bond donors (Lipinski definition) is 0. The number of nitrogens with zero attached hydrogens (tertiary/aromatic N) is 4. The van der Waals surface area contributed by atoms with Gasteiger partial charge < -0.3 is 4.90 Å². The zero-order chi connectivity index (χ0) is 14.9. The normalized spacial score (nSPS) is 10.6. The number of nitro groups is 1. The van der Waals surface area contributed by atoms with Crippen molar-refractivity contribution in [3.05, 3.63) is 48.8 Å². The molecule has 2 rings (SSSR count). The smallest absolute Gasteiger partial charge is 0.350 e. The van der Waals surface area contributed by atoms with Gasteiger partial charge in [-0.2, -0.15) is 0 Å². The summed E-state index contributed by atoms with van der Waals surface area (Å²) in [5.74, 6) is 0.255. The van der Waals surface area contributed by atoms with Gasteiger partial charge in [0, 0.05) is 43.7 Å². The second kappa shape index (κ2) is 5.59. The van der Waals surface area contributed by atoms with E-state index in [-0.39, 0.29) is 15.7 Å². The summed E-state index contributed by atoms with van der Waals surface area (Å²) in [6.45, 7) is 0.317. The maximum Gasteiger partial charge on any atom is 0.369 e. The van der Waals surface area contributed by atoms with Crippen LogP contribution in [0.25, 0.3) is 0 Å². The molecule has 0 aliphatic rings. The van der Waals surface area contributed by atoms with Crippen LogP contribution >= 0.6 is 22.9 Å². The Morgan fingerprint density at radius 2 is 2.30 bits per heavy atom. The van der Waals surface area contributed by atoms with Gasteiger partial charge in [0.2, 0.25) is 5.82 Å². The van der Waals surface area contributed by atoms with E-state index in [1.807, 2.05) is 0 Å². The summed E-state index contributed by atoms with van der Waals surface area (Å²) in [5.41, 5.74) is 0.726. The van der Waals surface area contributed by atoms with E-state index in [0.29, 0.717) is 23.0 Å². The summed E-state index contributed by atoms with van der Waals surface area (Å²) in [5, 5.41) is 11.2. The number of hydrogen-bond acceptors (Lipinski definition) is 6. The van der Waals surface area contributed by atoms with E-state index in [2.05, 4.69) is 4.98 Å². The van der Waals surface area contributed by atoms with E-state index >= 15 is 0 Å². The van der Waals surface area contributed by atoms with Crippen molar-refractivity contribution in [3.63, 3.8) is 0 Å². The van der Waals surface area contributed by atoms with Crippen LogP contribution in [0.15, 0.2) is 23.1 Å². The van der Waals surface area contributed by atoms with Crippen molar-refractivity contribution in [2.24, 2.45) is 7.05 Å². The van der Waals surface area contributed by atoms with Gasteiger partial charge in [-0.3, -0.25) is 19.5 Å². The highest BCUT2D eigenvalue weighted by atomic mass is 35.5. The van der Waals surface area contributed by atoms with Gasteiger partial charge in [0.1, 0.15) is 5.15 Å². The van der Waals surface area contributed by atoms with Crippen molar-refractivity contribution in [2.45, 2.75) is 6.54 Å². The van der Waals surface area contributed by atoms with Crippen LogP contribution in [-0.4, -0.2) is 21.5 Å². The quantitative estimate of drug-likeness (QED) is 0.490. The highest BCUT2D eigenvalue weighted by molar-refractivity contribution is 7.13. The standard InChI is InChI=1S/C11H11ClN4O3S/c1-14(6-7-4-3-5-13-8(7)12)9-10(16(18)19)20-11(17)15(9)2/h3-5H,6H2,1-2H3. The first-order valence-electron chi connectivity index (χ1n) is 5.56. The third-order valence-electron chi connectivity index (χ3n) is 2.74. The monoisotopic (exact) mass is 314 g/mol. The van der Waals surface area contributed by atoms with Crippen molar-refractivity contribution >= 4 is 33.8 Å². The fourth-order valence-electron chi connectivity index (χ4n) is 1.83. The fourth-order valence-corrected chi connectivity index (χ4v) is 2.86. The van der Waals surface area contributed by atoms with Gasteiger partial charge in [0.25, 0.3) is 0 Å². The summed E-state index contributed by atoms with van der Waals surface area (Å²) in [7, 11) is 3.17. The molecule has 0 aliphatic heterocycles. The van der Waals surface area contributed by atoms with Crippen LogP contribution < -0.4 is 9.77 Å². The first kappa shape index (κ1) is 14.5. The van der Waals surface area contributed by atoms with Gasteiger partial charge in [-0.1, -0.05) is 17.7 Å². The molecule has 0 saturated carbocycles. The maximum atomic E-state index is 11.6. The van der Waals surface area contributed by atoms with Gasteiger partial charge in [0.05, 0.1) is 4.92 Å². The SMILES string of the molecule is CN(Cc1cccnc1Cl)c1c([N+](=O)[O-])sc(=O)n1C. The average molecular weight is 315 g/mol. The Hall–Kier alpha value is -1.93. The molecular formula is C11H11ClN4O3S. The minimum atomic E-state index is -0.553. The van der Waals surface area contributed by atoms with E-state index in [1.165, 1.54) is 11.6 Å². The minimum Gasteiger partial charge on any atom is -0.350 e. The predicted octanol–water partition coefficient (Wildman–Crippen LogP) is 2.04. The fraction of sp³-hybridized carbons (Fsp3) is 0.273. The molecule has 2 aromatic rings. The summed E-state index contributed by atoms with van der Waals surface area (Å²) >= 11 is 6.58. The van der Waals surface area contributed by atoms with Crippen LogP contribution in [0.4, 0.5) is 10.8 Å². The van der Waals surface area contributed by atoms with Gasteiger partial charge in [-0.25, -0.2) is 4.98 Å². The number of thiazole rings is 1. The highest BCUT2D eigenvalue weighted by Crippen LogP contribution is 2.30. The van der Waals surface area contributed by atoms with Crippen LogP contribution in [-0.2, 0) is 13.6 Å². The minimum absolute atomic E-state index is 0.181. The number of rotatable bonds is 4. The Morgan fingerprint density at radius 1 is 1.60 bits per heavy atom. The number of aromatic nitrogens is 2. The van der Waals surface area contributed by atoms with E-state index in [4.69, 9.17) is 11.6 Å². The van der Waals surface area contributed by atoms with Gasteiger partial charge >= 0.3 is 9.87 Å². The molecule has 106 valence electrons. The highest BCUT2D eigenvalue weighted by Gasteiger charge is 2.25. The largest absolute Gasteiger partial charge is 0.369 e. The molecule has 0 aromatic carbocycles. The van der Waals surface area contributed by atoms with Crippen LogP contribution in [0.1, 0.15) is 5.56 Å². The zero-order valence-corrected chi connectivity index (χ0v) is 12.3. The van der Waals surface area contributed by atoms with E-state index in [0.717, 1.165) is 5.56 Å². The molecule has 9 heteroatoms. The first-order valence-corrected chi connectivity index (χ1v) is 6.76. The lowest BCUT2D eigenvalue weighted by Crippen LogP contribution is -2.23. The van der Waals surface area contributed by atoms with E-state index in [9.17, 15) is 14.9 Å². The molecule has 0 saturated heterocycles. The molecule has 20 heavy (non-hydrogen) atoms. The number of anilines is 1. The second-order valence-corrected chi connectivity index (χ2v) is 5.42. The lowest BCUT2D eigenvalue weighted by Gasteiger charge is -2.18. The molecular weight excluding hydrogens is 304 g/mol. The van der Waals surface area contributed by atoms with Crippen LogP contribution in [0.2, 0.25) is 5.15 Å². The molecule has 0 spiro atoms. The molecule has 0 radical (unpaired) electrons. The van der Waals surface area contributed by atoms with E-state index < -0.39 is 4.92 Å². The van der Waals surface area contributed by atoms with Crippen LogP contribution in [0.3, 0.4) is 0 Å². The van der Waals surface area contributed by atoms with Crippen molar-refractivity contribution in [1.29, 1.82) is 0 Å². The zero-order valence-electron chi connectivity index (χ0n) is 10.7. The third kappa shape index (κ3) is 2.66. The van der Waals surface area contributed by atoms with E-state index in [1.54, 1.807) is 30.3 Å². The number of pyridine rings is 1. The Bertz CT molecular complexity index is 712. The molecule has 0 fully saturated rings. The van der Waals surface area contributed by atoms with Crippen molar-refractivity contribution in [1.82, 2.24) is 9.55 Å². The molecule has 0 bridgehead atoms. The topological polar surface area (TPSA) is 81.3 Å². The first-order chi connectivity index (χ1) is 9.41. The molecule has 2 aromatic heterocycles. The number of halogens is 1. The molecule has 0 aliphatic carbocycles. The molecule has 0 N–H and O–H groups in total.